The highest BCUT2D eigenvalue weighted by molar-refractivity contribution is 5.78. The molecule has 4 rings (SSSR count). The third-order valence-corrected chi connectivity index (χ3v) is 13.0. The van der Waals surface area contributed by atoms with Crippen molar-refractivity contribution in [1.29, 1.82) is 0 Å². The Kier molecular flexibility index (Phi) is 24.3. The quantitative estimate of drug-likeness (QED) is 0.0997. The van der Waals surface area contributed by atoms with Crippen LogP contribution < -0.4 is 0 Å². The average molecular weight is 1210 g/mol. The molecule has 0 unspecified atom stereocenters. The van der Waals surface area contributed by atoms with Gasteiger partial charge in [0.2, 0.25) is 0 Å². The van der Waals surface area contributed by atoms with Crippen molar-refractivity contribution in [2.45, 2.75) is 244 Å². The summed E-state index contributed by atoms with van der Waals surface area (Å²) in [6.07, 6.45) is -23.8. The molecule has 0 saturated carbocycles. The van der Waals surface area contributed by atoms with Gasteiger partial charge in [0.25, 0.3) is 0 Å². The lowest BCUT2D eigenvalue weighted by atomic mass is 9.92. The lowest BCUT2D eigenvalue weighted by Crippen LogP contribution is -2.68. The SMILES string of the molecule is CC(=O)OC[C@H]1O[C@H](O[C@H]2[C@@H](OC(=O)C(C)(C)C)[C@@H](COC(=O)C(C)(C)C)O[C@@H](O[C@H]3[C@H](OC(=O)C(C)(C)C)[C@@H](OC(=O)C(C)(C)C)[C@H](OCc4ccccc4)O[C@@H]3COC(=O)C(C)(C)C)[C@@H]2OC(=O)C(C)(C)C)C[C@@H](OC(C)=O)[C@H]1OC(C)=O. The molecule has 3 aliphatic heterocycles. The van der Waals surface area contributed by atoms with Gasteiger partial charge in [0.1, 0.15) is 56.4 Å². The number of esters is 9. The first-order chi connectivity index (χ1) is 38.9. The number of rotatable bonds is 19. The van der Waals surface area contributed by atoms with E-state index in [1.54, 1.807) is 155 Å². The highest BCUT2D eigenvalue weighted by atomic mass is 16.8. The molecule has 0 bridgehead atoms. The molecule has 3 saturated heterocycles. The molecule has 0 aromatic heterocycles. The van der Waals surface area contributed by atoms with Gasteiger partial charge in [-0.1, -0.05) is 30.3 Å². The number of ether oxygens (including phenoxy) is 15. The summed E-state index contributed by atoms with van der Waals surface area (Å²) < 4.78 is 94.1. The lowest BCUT2D eigenvalue weighted by Gasteiger charge is -2.50. The van der Waals surface area contributed by atoms with E-state index in [1.807, 2.05) is 0 Å². The number of hydrogen-bond acceptors (Lipinski definition) is 24. The Bertz CT molecular complexity index is 2480. The Morgan fingerprint density at radius 2 is 0.776 bits per heavy atom. The van der Waals surface area contributed by atoms with Crippen LogP contribution in [0.15, 0.2) is 30.3 Å². The molecule has 1 aromatic carbocycles. The highest BCUT2D eigenvalue weighted by Gasteiger charge is 2.60. The van der Waals surface area contributed by atoms with E-state index in [0.29, 0.717) is 5.56 Å². The van der Waals surface area contributed by atoms with Gasteiger partial charge >= 0.3 is 53.7 Å². The van der Waals surface area contributed by atoms with Gasteiger partial charge in [-0.25, -0.2) is 0 Å². The van der Waals surface area contributed by atoms with Crippen LogP contribution in [0.3, 0.4) is 0 Å². The number of carbonyl (C=O) groups excluding carboxylic acids is 9. The van der Waals surface area contributed by atoms with Gasteiger partial charge in [0.15, 0.2) is 49.4 Å². The van der Waals surface area contributed by atoms with E-state index in [0.717, 1.165) is 20.8 Å². The average Bonchev–Trinajstić information content (AvgIpc) is 1.13. The van der Waals surface area contributed by atoms with Crippen LogP contribution in [0.4, 0.5) is 0 Å². The molecule has 0 radical (unpaired) electrons. The zero-order chi connectivity index (χ0) is 64.5. The minimum Gasteiger partial charge on any atom is -0.463 e. The third kappa shape index (κ3) is 21.2. The van der Waals surface area contributed by atoms with Crippen LogP contribution in [0.2, 0.25) is 0 Å². The van der Waals surface area contributed by atoms with E-state index in [9.17, 15) is 43.2 Å². The van der Waals surface area contributed by atoms with E-state index in [4.69, 9.17) is 71.1 Å². The fourth-order valence-electron chi connectivity index (χ4n) is 8.13. The minimum atomic E-state index is -2.02. The molecule has 14 atom stereocenters. The maximum Gasteiger partial charge on any atom is 0.311 e. The molecule has 0 amide bonds. The minimum absolute atomic E-state index is 0.140. The van der Waals surface area contributed by atoms with E-state index >= 15 is 0 Å². The van der Waals surface area contributed by atoms with Gasteiger partial charge in [-0.05, 0) is 130 Å². The van der Waals surface area contributed by atoms with Crippen molar-refractivity contribution in [3.63, 3.8) is 0 Å². The van der Waals surface area contributed by atoms with Gasteiger partial charge in [0, 0.05) is 27.2 Å². The van der Waals surface area contributed by atoms with Crippen LogP contribution in [0.1, 0.15) is 157 Å². The van der Waals surface area contributed by atoms with Gasteiger partial charge in [-0.3, -0.25) is 43.2 Å². The van der Waals surface area contributed by atoms with E-state index in [1.165, 1.54) is 0 Å². The van der Waals surface area contributed by atoms with Crippen LogP contribution >= 0.6 is 0 Å². The van der Waals surface area contributed by atoms with Crippen molar-refractivity contribution in [2.75, 3.05) is 19.8 Å². The molecular formula is C61H92O24. The molecule has 24 nitrogen and oxygen atoms in total. The second-order valence-electron chi connectivity index (χ2n) is 27.6. The van der Waals surface area contributed by atoms with E-state index < -0.39 is 198 Å². The maximum absolute atomic E-state index is 14.6. The zero-order valence-corrected chi connectivity index (χ0v) is 53.3. The molecule has 0 spiro atoms. The number of carbonyl (C=O) groups is 9. The monoisotopic (exact) mass is 1210 g/mol. The number of hydrogen-bond donors (Lipinski definition) is 0. The van der Waals surface area contributed by atoms with Crippen LogP contribution in [0.25, 0.3) is 0 Å². The normalized spacial score (nSPS) is 27.7. The predicted octanol–water partition coefficient (Wildman–Crippen LogP) is 6.98. The number of benzene rings is 1. The lowest BCUT2D eigenvalue weighted by molar-refractivity contribution is -0.376. The Morgan fingerprint density at radius 3 is 1.21 bits per heavy atom. The van der Waals surface area contributed by atoms with Crippen molar-refractivity contribution >= 4 is 53.7 Å². The largest absolute Gasteiger partial charge is 0.463 e. The molecule has 3 aliphatic rings. The summed E-state index contributed by atoms with van der Waals surface area (Å²) >= 11 is 0. The maximum atomic E-state index is 14.6. The summed E-state index contributed by atoms with van der Waals surface area (Å²) in [6, 6.07) is 8.90. The summed E-state index contributed by atoms with van der Waals surface area (Å²) in [5, 5.41) is 0. The van der Waals surface area contributed by atoms with Gasteiger partial charge in [-0.2, -0.15) is 0 Å². The Hall–Kier alpha value is -5.79. The van der Waals surface area contributed by atoms with Crippen molar-refractivity contribution in [1.82, 2.24) is 0 Å². The van der Waals surface area contributed by atoms with Gasteiger partial charge < -0.3 is 71.1 Å². The first-order valence-corrected chi connectivity index (χ1v) is 28.5. The summed E-state index contributed by atoms with van der Waals surface area (Å²) in [4.78, 5) is 123. The molecule has 85 heavy (non-hydrogen) atoms. The van der Waals surface area contributed by atoms with Gasteiger partial charge in [0.05, 0.1) is 39.1 Å². The molecule has 0 aliphatic carbocycles. The van der Waals surface area contributed by atoms with E-state index in [2.05, 4.69) is 0 Å². The fourth-order valence-corrected chi connectivity index (χ4v) is 8.13. The Labute approximate surface area is 499 Å². The second-order valence-corrected chi connectivity index (χ2v) is 27.6. The molecule has 480 valence electrons. The topological polar surface area (TPSA) is 292 Å². The molecule has 1 aromatic rings. The zero-order valence-electron chi connectivity index (χ0n) is 53.3. The summed E-state index contributed by atoms with van der Waals surface area (Å²) in [7, 11) is 0. The molecule has 0 N–H and O–H groups in total. The van der Waals surface area contributed by atoms with Crippen LogP contribution in [0, 0.1) is 32.5 Å². The first-order valence-electron chi connectivity index (χ1n) is 28.5. The van der Waals surface area contributed by atoms with Crippen LogP contribution in [-0.4, -0.2) is 160 Å². The van der Waals surface area contributed by atoms with Gasteiger partial charge in [-0.15, -0.1) is 0 Å². The molecule has 3 heterocycles. The summed E-state index contributed by atoms with van der Waals surface area (Å²) in [6.45, 7) is 29.7. The van der Waals surface area contributed by atoms with Crippen molar-refractivity contribution in [3.05, 3.63) is 35.9 Å². The first kappa shape index (κ1) is 71.7. The summed E-state index contributed by atoms with van der Waals surface area (Å²) in [5.74, 6) is -7.23. The predicted molar refractivity (Wildman–Crippen MR) is 297 cm³/mol. The second kappa shape index (κ2) is 28.8. The van der Waals surface area contributed by atoms with E-state index in [-0.39, 0.29) is 6.61 Å². The van der Waals surface area contributed by atoms with Crippen molar-refractivity contribution in [3.8, 4) is 0 Å². The smallest absolute Gasteiger partial charge is 0.311 e. The van der Waals surface area contributed by atoms with Crippen molar-refractivity contribution in [2.24, 2.45) is 32.5 Å². The fraction of sp³-hybridized carbons (Fsp3) is 0.754. The molecule has 3 fully saturated rings. The molecular weight excluding hydrogens is 1120 g/mol. The Balaban J connectivity index is 2.13. The Morgan fingerprint density at radius 1 is 0.388 bits per heavy atom. The highest BCUT2D eigenvalue weighted by Crippen LogP contribution is 2.40. The standard InChI is InChI=1S/C61H92O24/c1-32(62)71-29-37-41(76-34(3)64)36(75-33(2)63)27-40(77-37)80-44-43(82-52(67)58(10,11)12)39(31-74-51(66)57(7,8)9)79-49(47(44)85-55(70)61(19,20)21)81-42-38(30-73-50(65)56(4,5)6)78-48(72-28-35-25-23-22-24-26-35)46(84-54(69)60(16,17)18)45(42)83-53(68)59(13,14)15/h22-26,36-49H,27-31H2,1-21H3/t36-,37-,38-,39-,40-,41-,42-,43+,44+,45+,46-,47-,48-,49+/m1/s1. The van der Waals surface area contributed by atoms with Crippen molar-refractivity contribution < 1.29 is 114 Å². The van der Waals surface area contributed by atoms with Crippen LogP contribution in [0.5, 0.6) is 0 Å². The molecule has 24 heteroatoms. The third-order valence-electron chi connectivity index (χ3n) is 13.0. The summed E-state index contributed by atoms with van der Waals surface area (Å²) in [5.41, 5.74) is -6.55. The van der Waals surface area contributed by atoms with Crippen LogP contribution in [-0.2, 0) is 121 Å².